The highest BCUT2D eigenvalue weighted by molar-refractivity contribution is 6.30. The van der Waals surface area contributed by atoms with Crippen molar-refractivity contribution in [2.75, 3.05) is 0 Å². The van der Waals surface area contributed by atoms with Crippen molar-refractivity contribution in [3.8, 4) is 0 Å². The summed E-state index contributed by atoms with van der Waals surface area (Å²) < 4.78 is 3.15. The molecule has 1 heterocycles. The first-order valence-electron chi connectivity index (χ1n) is 6.26. The lowest BCUT2D eigenvalue weighted by molar-refractivity contribution is -0.385. The van der Waals surface area contributed by atoms with E-state index in [2.05, 4.69) is 0 Å². The number of hydrogen-bond acceptors (Lipinski definition) is 3. The molecule has 0 radical (unpaired) electrons. The summed E-state index contributed by atoms with van der Waals surface area (Å²) in [5, 5.41) is 11.4. The Morgan fingerprint density at radius 2 is 2.10 bits per heavy atom. The molecule has 0 unspecified atom stereocenters. The highest BCUT2D eigenvalue weighted by Crippen LogP contribution is 2.33. The second kappa shape index (κ2) is 4.79. The number of halogens is 1. The monoisotopic (exact) mass is 293 g/mol. The number of nitro groups is 1. The van der Waals surface area contributed by atoms with Gasteiger partial charge in [0.15, 0.2) is 0 Å². The predicted octanol–water partition coefficient (Wildman–Crippen LogP) is 2.59. The molecule has 1 aliphatic rings. The minimum atomic E-state index is -0.464. The maximum atomic E-state index is 12.1. The van der Waals surface area contributed by atoms with Gasteiger partial charge >= 0.3 is 5.69 Å². The highest BCUT2D eigenvalue weighted by Gasteiger charge is 2.26. The van der Waals surface area contributed by atoms with Crippen molar-refractivity contribution in [2.24, 2.45) is 0 Å². The first-order valence-corrected chi connectivity index (χ1v) is 6.64. The lowest BCUT2D eigenvalue weighted by Gasteiger charge is -2.04. The summed E-state index contributed by atoms with van der Waals surface area (Å²) in [7, 11) is 0. The molecule has 0 amide bonds. The third-order valence-electron chi connectivity index (χ3n) is 3.39. The molecule has 1 aromatic carbocycles. The quantitative estimate of drug-likeness (QED) is 0.642. The summed E-state index contributed by atoms with van der Waals surface area (Å²) in [6, 6.07) is 4.65. The summed E-state index contributed by atoms with van der Waals surface area (Å²) in [6.07, 6.45) is 5.42. The summed E-state index contributed by atoms with van der Waals surface area (Å²) in [4.78, 5) is 22.7. The SMILES string of the molecule is O=c1n(Cc2cc(Cl)ccc2[N+](=O)[O-])ccn1C1CC1. The van der Waals surface area contributed by atoms with E-state index in [9.17, 15) is 14.9 Å². The highest BCUT2D eigenvalue weighted by atomic mass is 35.5. The molecule has 0 aliphatic heterocycles. The summed E-state index contributed by atoms with van der Waals surface area (Å²) in [5.41, 5.74) is 0.264. The summed E-state index contributed by atoms with van der Waals surface area (Å²) in [6.45, 7) is 0.148. The van der Waals surface area contributed by atoms with Crippen LogP contribution < -0.4 is 5.69 Å². The zero-order valence-corrected chi connectivity index (χ0v) is 11.3. The largest absolute Gasteiger partial charge is 0.328 e. The van der Waals surface area contributed by atoms with Gasteiger partial charge in [-0.25, -0.2) is 4.79 Å². The van der Waals surface area contributed by atoms with Crippen molar-refractivity contribution in [2.45, 2.75) is 25.4 Å². The van der Waals surface area contributed by atoms with Gasteiger partial charge in [-0.15, -0.1) is 0 Å². The molecule has 1 saturated carbocycles. The van der Waals surface area contributed by atoms with Gasteiger partial charge in [-0.1, -0.05) is 11.6 Å². The molecule has 1 aliphatic carbocycles. The lowest BCUT2D eigenvalue weighted by Crippen LogP contribution is -2.24. The maximum Gasteiger partial charge on any atom is 0.328 e. The number of nitro benzene ring substituents is 1. The molecular formula is C13H12ClN3O3. The Hall–Kier alpha value is -2.08. The summed E-state index contributed by atoms with van der Waals surface area (Å²) in [5.74, 6) is 0. The van der Waals surface area contributed by atoms with Crippen LogP contribution in [-0.2, 0) is 6.54 Å². The van der Waals surface area contributed by atoms with Crippen LogP contribution in [0.1, 0.15) is 24.4 Å². The molecule has 20 heavy (non-hydrogen) atoms. The number of rotatable bonds is 4. The molecule has 7 heteroatoms. The minimum absolute atomic E-state index is 0.0273. The zero-order chi connectivity index (χ0) is 14.3. The van der Waals surface area contributed by atoms with E-state index in [1.807, 2.05) is 0 Å². The van der Waals surface area contributed by atoms with Crippen LogP contribution in [0.2, 0.25) is 5.02 Å². The molecule has 1 fully saturated rings. The van der Waals surface area contributed by atoms with Gasteiger partial charge in [0.25, 0.3) is 5.69 Å². The predicted molar refractivity (Wildman–Crippen MR) is 74.2 cm³/mol. The Morgan fingerprint density at radius 3 is 2.75 bits per heavy atom. The van der Waals surface area contributed by atoms with E-state index in [0.717, 1.165) is 12.8 Å². The molecule has 0 bridgehead atoms. The fourth-order valence-electron chi connectivity index (χ4n) is 2.22. The van der Waals surface area contributed by atoms with E-state index in [0.29, 0.717) is 10.6 Å². The molecule has 0 saturated heterocycles. The molecule has 1 aromatic heterocycles. The van der Waals surface area contributed by atoms with Gasteiger partial charge in [0, 0.05) is 29.5 Å². The Bertz CT molecular complexity index is 731. The van der Waals surface area contributed by atoms with Crippen LogP contribution >= 0.6 is 11.6 Å². The van der Waals surface area contributed by atoms with Crippen LogP contribution in [0, 0.1) is 10.1 Å². The number of imidazole rings is 1. The lowest BCUT2D eigenvalue weighted by atomic mass is 10.2. The first-order chi connectivity index (χ1) is 9.56. The Kier molecular flexibility index (Phi) is 3.10. The van der Waals surface area contributed by atoms with Crippen LogP contribution in [0.5, 0.6) is 0 Å². The second-order valence-corrected chi connectivity index (χ2v) is 5.31. The van der Waals surface area contributed by atoms with Crippen molar-refractivity contribution >= 4 is 17.3 Å². The average Bonchev–Trinajstić information content (AvgIpc) is 3.16. The molecule has 0 spiro atoms. The molecule has 104 valence electrons. The number of nitrogens with zero attached hydrogens (tertiary/aromatic N) is 3. The Labute approximate surface area is 119 Å². The molecule has 3 rings (SSSR count). The zero-order valence-electron chi connectivity index (χ0n) is 10.5. The number of benzene rings is 1. The standard InChI is InChI=1S/C13H12ClN3O3/c14-10-1-4-12(17(19)20)9(7-10)8-15-5-6-16(13(15)18)11-2-3-11/h1,4-7,11H,2-3,8H2. The van der Waals surface area contributed by atoms with E-state index in [1.54, 1.807) is 17.0 Å². The molecule has 2 aromatic rings. The van der Waals surface area contributed by atoms with Crippen LogP contribution in [0.15, 0.2) is 35.4 Å². The maximum absolute atomic E-state index is 12.1. The normalized spacial score (nSPS) is 14.4. The van der Waals surface area contributed by atoms with E-state index >= 15 is 0 Å². The van der Waals surface area contributed by atoms with Crippen LogP contribution in [0.25, 0.3) is 0 Å². The number of aromatic nitrogens is 2. The van der Waals surface area contributed by atoms with Crippen LogP contribution in [-0.4, -0.2) is 14.1 Å². The van der Waals surface area contributed by atoms with Crippen molar-refractivity contribution in [1.29, 1.82) is 0 Å². The van der Waals surface area contributed by atoms with Gasteiger partial charge in [0.1, 0.15) is 0 Å². The van der Waals surface area contributed by atoms with E-state index < -0.39 is 4.92 Å². The van der Waals surface area contributed by atoms with Crippen molar-refractivity contribution in [3.63, 3.8) is 0 Å². The Morgan fingerprint density at radius 1 is 1.35 bits per heavy atom. The van der Waals surface area contributed by atoms with Gasteiger partial charge in [0.05, 0.1) is 17.0 Å². The van der Waals surface area contributed by atoms with Gasteiger partial charge in [-0.2, -0.15) is 0 Å². The van der Waals surface area contributed by atoms with Crippen LogP contribution in [0.4, 0.5) is 5.69 Å². The Balaban J connectivity index is 1.96. The average molecular weight is 294 g/mol. The fourth-order valence-corrected chi connectivity index (χ4v) is 2.42. The summed E-state index contributed by atoms with van der Waals surface area (Å²) >= 11 is 5.88. The van der Waals surface area contributed by atoms with Crippen molar-refractivity contribution in [3.05, 3.63) is 61.8 Å². The van der Waals surface area contributed by atoms with Crippen LogP contribution in [0.3, 0.4) is 0 Å². The number of hydrogen-bond donors (Lipinski definition) is 0. The topological polar surface area (TPSA) is 70.1 Å². The van der Waals surface area contributed by atoms with Gasteiger partial charge < -0.3 is 0 Å². The molecule has 0 atom stereocenters. The van der Waals surface area contributed by atoms with Crippen molar-refractivity contribution < 1.29 is 4.92 Å². The van der Waals surface area contributed by atoms with Gasteiger partial charge in [-0.3, -0.25) is 19.2 Å². The second-order valence-electron chi connectivity index (χ2n) is 4.88. The molecule has 6 nitrogen and oxygen atoms in total. The van der Waals surface area contributed by atoms with Gasteiger partial charge in [0.2, 0.25) is 0 Å². The van der Waals surface area contributed by atoms with E-state index in [-0.39, 0.29) is 24.0 Å². The van der Waals surface area contributed by atoms with E-state index in [4.69, 9.17) is 11.6 Å². The first kappa shape index (κ1) is 12.9. The van der Waals surface area contributed by atoms with E-state index in [1.165, 1.54) is 22.8 Å². The van der Waals surface area contributed by atoms with Gasteiger partial charge in [-0.05, 0) is 25.0 Å². The smallest absolute Gasteiger partial charge is 0.296 e. The molecular weight excluding hydrogens is 282 g/mol. The fraction of sp³-hybridized carbons (Fsp3) is 0.308. The minimum Gasteiger partial charge on any atom is -0.296 e. The van der Waals surface area contributed by atoms with Crippen molar-refractivity contribution in [1.82, 2.24) is 9.13 Å². The third kappa shape index (κ3) is 2.34. The third-order valence-corrected chi connectivity index (χ3v) is 3.63. The molecule has 0 N–H and O–H groups in total.